The van der Waals surface area contributed by atoms with E-state index >= 15 is 8.78 Å². The van der Waals surface area contributed by atoms with E-state index in [4.69, 9.17) is 6.42 Å². The Kier molecular flexibility index (Phi) is 5.19. The predicted octanol–water partition coefficient (Wildman–Crippen LogP) is 3.99. The van der Waals surface area contributed by atoms with Crippen molar-refractivity contribution in [2.45, 2.75) is 5.72 Å². The second-order valence-corrected chi connectivity index (χ2v) is 7.81. The van der Waals surface area contributed by atoms with Crippen molar-refractivity contribution in [1.82, 2.24) is 9.97 Å². The fourth-order valence-electron chi connectivity index (χ4n) is 4.27. The molecule has 5 rings (SSSR count). The topological polar surface area (TPSA) is 108 Å². The molecular weight excluding hydrogens is 477 g/mol. The third kappa shape index (κ3) is 3.19. The fraction of sp³-hybridized carbons (Fsp3) is 0.0800. The first-order valence-electron chi connectivity index (χ1n) is 10.4. The minimum Gasteiger partial charge on any atom is -0.453 e. The Hall–Kier alpha value is -4.82. The minimum absolute atomic E-state index is 0.00531. The first-order valence-corrected chi connectivity index (χ1v) is 10.4. The molecule has 2 amide bonds. The van der Waals surface area contributed by atoms with E-state index in [0.717, 1.165) is 25.3 Å². The zero-order valence-electron chi connectivity index (χ0n) is 18.4. The van der Waals surface area contributed by atoms with E-state index in [1.165, 1.54) is 30.3 Å². The number of aromatic nitrogens is 2. The SMILES string of the molecule is C#Cc1cccc(N2C(=O)c3c(F)ccc(F)c3C2(O)c2ccc3nc(NC(=O)OC)[nH]c3c2)c1F. The van der Waals surface area contributed by atoms with Gasteiger partial charge in [0.15, 0.2) is 5.82 Å². The molecule has 0 fully saturated rings. The molecule has 4 aromatic rings. The van der Waals surface area contributed by atoms with Crippen LogP contribution in [0.4, 0.5) is 29.6 Å². The summed E-state index contributed by atoms with van der Waals surface area (Å²) in [4.78, 5) is 32.4. The number of terminal acetylenes is 1. The molecule has 36 heavy (non-hydrogen) atoms. The molecule has 1 aliphatic rings. The first-order chi connectivity index (χ1) is 17.2. The molecule has 180 valence electrons. The summed E-state index contributed by atoms with van der Waals surface area (Å²) in [5, 5.41) is 14.3. The second-order valence-electron chi connectivity index (χ2n) is 7.81. The van der Waals surface area contributed by atoms with Crippen molar-refractivity contribution >= 4 is 34.7 Å². The van der Waals surface area contributed by atoms with E-state index in [1.54, 1.807) is 0 Å². The number of anilines is 2. The lowest BCUT2D eigenvalue weighted by atomic mass is 9.92. The van der Waals surface area contributed by atoms with Crippen LogP contribution in [0.1, 0.15) is 27.0 Å². The monoisotopic (exact) mass is 492 g/mol. The normalized spacial score (nSPS) is 16.7. The number of H-pyrrole nitrogens is 1. The molecular formula is C25H15F3N4O4. The Labute approximate surface area is 201 Å². The molecule has 0 bridgehead atoms. The number of aliphatic hydroxyl groups is 1. The number of hydrogen-bond donors (Lipinski definition) is 3. The van der Waals surface area contributed by atoms with Gasteiger partial charge in [0, 0.05) is 5.56 Å². The molecule has 0 saturated carbocycles. The van der Waals surface area contributed by atoms with Gasteiger partial charge in [0.05, 0.1) is 40.5 Å². The van der Waals surface area contributed by atoms with Gasteiger partial charge in [0.2, 0.25) is 11.7 Å². The summed E-state index contributed by atoms with van der Waals surface area (Å²) in [6.07, 6.45) is 4.55. The molecule has 8 nitrogen and oxygen atoms in total. The third-order valence-electron chi connectivity index (χ3n) is 5.86. The second kappa shape index (κ2) is 8.14. The molecule has 0 saturated heterocycles. The first kappa shape index (κ1) is 22.9. The largest absolute Gasteiger partial charge is 0.453 e. The maximum absolute atomic E-state index is 15.3. The van der Waals surface area contributed by atoms with Gasteiger partial charge in [-0.1, -0.05) is 18.1 Å². The highest BCUT2D eigenvalue weighted by atomic mass is 19.1. The number of methoxy groups -OCH3 is 1. The summed E-state index contributed by atoms with van der Waals surface area (Å²) in [5.41, 5.74) is -4.36. The van der Waals surface area contributed by atoms with Crippen LogP contribution < -0.4 is 10.2 Å². The van der Waals surface area contributed by atoms with Crippen molar-refractivity contribution in [3.63, 3.8) is 0 Å². The standard InChI is InChI=1S/C25H15F3N4O4/c1-3-12-5-4-6-18(21(12)28)32-22(33)19-14(26)8-9-15(27)20(19)25(32,35)13-7-10-16-17(11-13)30-23(29-16)31-24(34)36-2/h1,4-11,35H,2H3,(H2,29,30,31,34). The number of benzene rings is 3. The summed E-state index contributed by atoms with van der Waals surface area (Å²) in [6, 6.07) is 9.33. The van der Waals surface area contributed by atoms with Crippen molar-refractivity contribution in [3.05, 3.63) is 88.2 Å². The van der Waals surface area contributed by atoms with Crippen LogP contribution in [0.2, 0.25) is 0 Å². The van der Waals surface area contributed by atoms with Crippen LogP contribution in [0.5, 0.6) is 0 Å². The van der Waals surface area contributed by atoms with Gasteiger partial charge in [-0.2, -0.15) is 0 Å². The van der Waals surface area contributed by atoms with E-state index in [2.05, 4.69) is 25.9 Å². The van der Waals surface area contributed by atoms with Crippen molar-refractivity contribution in [2.75, 3.05) is 17.3 Å². The molecule has 1 atom stereocenters. The van der Waals surface area contributed by atoms with Gasteiger partial charge in [-0.3, -0.25) is 15.0 Å². The van der Waals surface area contributed by atoms with Crippen LogP contribution in [-0.4, -0.2) is 34.2 Å². The van der Waals surface area contributed by atoms with Gasteiger partial charge in [-0.05, 0) is 36.4 Å². The van der Waals surface area contributed by atoms with Crippen LogP contribution in [0.15, 0.2) is 48.5 Å². The van der Waals surface area contributed by atoms with Crippen LogP contribution in [-0.2, 0) is 10.5 Å². The molecule has 2 heterocycles. The van der Waals surface area contributed by atoms with Crippen LogP contribution >= 0.6 is 0 Å². The van der Waals surface area contributed by atoms with Gasteiger partial charge >= 0.3 is 6.09 Å². The highest BCUT2D eigenvalue weighted by Gasteiger charge is 2.54. The van der Waals surface area contributed by atoms with Gasteiger partial charge in [-0.25, -0.2) is 22.9 Å². The van der Waals surface area contributed by atoms with E-state index in [-0.39, 0.29) is 22.6 Å². The zero-order chi connectivity index (χ0) is 25.8. The lowest BCUT2D eigenvalue weighted by Gasteiger charge is -2.35. The molecule has 1 aromatic heterocycles. The minimum atomic E-state index is -2.68. The van der Waals surface area contributed by atoms with E-state index < -0.39 is 52.0 Å². The number of hydrogen-bond acceptors (Lipinski definition) is 5. The Morgan fingerprint density at radius 1 is 1.19 bits per heavy atom. The Morgan fingerprint density at radius 2 is 1.94 bits per heavy atom. The molecule has 3 N–H and O–H groups in total. The average Bonchev–Trinajstić information content (AvgIpc) is 3.37. The molecule has 1 unspecified atom stereocenters. The predicted molar refractivity (Wildman–Crippen MR) is 123 cm³/mol. The number of aromatic amines is 1. The van der Waals surface area contributed by atoms with E-state index in [0.29, 0.717) is 10.4 Å². The lowest BCUT2D eigenvalue weighted by molar-refractivity contribution is 0.0681. The number of amides is 2. The van der Waals surface area contributed by atoms with E-state index in [1.807, 2.05) is 0 Å². The third-order valence-corrected chi connectivity index (χ3v) is 5.86. The van der Waals surface area contributed by atoms with Crippen LogP contribution in [0, 0.1) is 29.8 Å². The molecule has 0 radical (unpaired) electrons. The number of fused-ring (bicyclic) bond motifs is 2. The quantitative estimate of drug-likeness (QED) is 0.375. The zero-order valence-corrected chi connectivity index (χ0v) is 18.4. The number of rotatable bonds is 3. The Balaban J connectivity index is 1.77. The van der Waals surface area contributed by atoms with Gasteiger partial charge in [0.25, 0.3) is 5.91 Å². The number of carbonyl (C=O) groups is 2. The Bertz CT molecular complexity index is 1630. The van der Waals surface area contributed by atoms with Crippen molar-refractivity contribution in [2.24, 2.45) is 0 Å². The number of imidazole rings is 1. The molecule has 3 aromatic carbocycles. The van der Waals surface area contributed by atoms with Gasteiger partial charge < -0.3 is 14.8 Å². The summed E-state index contributed by atoms with van der Waals surface area (Å²) in [5.74, 6) is -2.25. The highest BCUT2D eigenvalue weighted by Crippen LogP contribution is 2.48. The Morgan fingerprint density at radius 3 is 2.67 bits per heavy atom. The molecule has 1 aliphatic heterocycles. The summed E-state index contributed by atoms with van der Waals surface area (Å²) >= 11 is 0. The fourth-order valence-corrected chi connectivity index (χ4v) is 4.27. The van der Waals surface area contributed by atoms with Crippen molar-refractivity contribution in [3.8, 4) is 12.3 Å². The van der Waals surface area contributed by atoms with Crippen molar-refractivity contribution in [1.29, 1.82) is 0 Å². The van der Waals surface area contributed by atoms with Gasteiger partial charge in [-0.15, -0.1) is 6.42 Å². The number of ether oxygens (including phenoxy) is 1. The smallest absolute Gasteiger partial charge is 0.413 e. The summed E-state index contributed by atoms with van der Waals surface area (Å²) in [6.45, 7) is 0. The average molecular weight is 492 g/mol. The maximum Gasteiger partial charge on any atom is 0.413 e. The molecule has 11 heteroatoms. The van der Waals surface area contributed by atoms with Crippen LogP contribution in [0.3, 0.4) is 0 Å². The van der Waals surface area contributed by atoms with E-state index in [9.17, 15) is 19.1 Å². The summed E-state index contributed by atoms with van der Waals surface area (Å²) < 4.78 is 49.8. The number of nitrogens with one attached hydrogen (secondary N) is 2. The number of halogens is 3. The summed E-state index contributed by atoms with van der Waals surface area (Å²) in [7, 11) is 1.16. The molecule has 0 spiro atoms. The maximum atomic E-state index is 15.3. The number of carbonyl (C=O) groups excluding carboxylic acids is 2. The highest BCUT2D eigenvalue weighted by molar-refractivity contribution is 6.13. The molecule has 0 aliphatic carbocycles. The number of nitrogens with zero attached hydrogens (tertiary/aromatic N) is 2. The van der Waals surface area contributed by atoms with Gasteiger partial charge in [0.1, 0.15) is 11.6 Å². The van der Waals surface area contributed by atoms with Crippen LogP contribution in [0.25, 0.3) is 11.0 Å². The van der Waals surface area contributed by atoms with Crippen molar-refractivity contribution < 1.29 is 32.6 Å². The lowest BCUT2D eigenvalue weighted by Crippen LogP contribution is -2.46.